The van der Waals surface area contributed by atoms with E-state index in [-0.39, 0.29) is 17.8 Å². The number of carbonyl (C=O) groups excluding carboxylic acids is 1. The molecule has 15 heavy (non-hydrogen) atoms. The van der Waals surface area contributed by atoms with Crippen molar-refractivity contribution in [3.05, 3.63) is 23.3 Å². The molecular weight excluding hydrogens is 190 g/mol. The maximum Gasteiger partial charge on any atom is 0.169 e. The molecule has 1 aliphatic carbocycles. The van der Waals surface area contributed by atoms with Gasteiger partial charge in [0.1, 0.15) is 0 Å². The number of carbonyl (C=O) groups is 1. The van der Waals surface area contributed by atoms with E-state index >= 15 is 0 Å². The van der Waals surface area contributed by atoms with Crippen molar-refractivity contribution in [3.63, 3.8) is 0 Å². The van der Waals surface area contributed by atoms with Crippen molar-refractivity contribution in [2.45, 2.75) is 20.8 Å². The first-order valence-corrected chi connectivity index (χ1v) is 4.89. The lowest BCUT2D eigenvalue weighted by molar-refractivity contribution is -0.120. The zero-order chi connectivity index (χ0) is 11.6. The van der Waals surface area contributed by atoms with E-state index in [0.717, 1.165) is 0 Å². The Hall–Kier alpha value is -1.40. The van der Waals surface area contributed by atoms with Gasteiger partial charge in [-0.3, -0.25) is 4.79 Å². The van der Waals surface area contributed by atoms with Gasteiger partial charge >= 0.3 is 0 Å². The average Bonchev–Trinajstić information content (AvgIpc) is 2.15. The lowest BCUT2D eigenvalue weighted by Gasteiger charge is -2.27. The molecule has 0 amide bonds. The normalized spacial score (nSPS) is 21.8. The van der Waals surface area contributed by atoms with Crippen molar-refractivity contribution >= 4 is 5.78 Å². The molecule has 0 aromatic carbocycles. The molecule has 1 unspecified atom stereocenters. The maximum absolute atomic E-state index is 12.0. The number of aliphatic hydroxyl groups excluding tert-OH is 1. The number of allylic oxidation sites excluding steroid dienone is 3. The summed E-state index contributed by atoms with van der Waals surface area (Å²) in [6, 6.07) is 1.94. The summed E-state index contributed by atoms with van der Waals surface area (Å²) < 4.78 is 0. The number of aliphatic hydroxyl groups is 1. The summed E-state index contributed by atoms with van der Waals surface area (Å²) in [7, 11) is 0. The van der Waals surface area contributed by atoms with Gasteiger partial charge in [-0.05, 0) is 11.5 Å². The van der Waals surface area contributed by atoms with Crippen LogP contribution in [0.15, 0.2) is 23.3 Å². The van der Waals surface area contributed by atoms with Gasteiger partial charge in [-0.2, -0.15) is 5.26 Å². The quantitative estimate of drug-likeness (QED) is 0.707. The molecule has 0 fully saturated rings. The number of hydrogen-bond acceptors (Lipinski definition) is 3. The molecule has 0 bridgehead atoms. The van der Waals surface area contributed by atoms with Gasteiger partial charge in [0.25, 0.3) is 0 Å². The van der Waals surface area contributed by atoms with E-state index in [4.69, 9.17) is 10.4 Å². The van der Waals surface area contributed by atoms with Crippen LogP contribution in [0.5, 0.6) is 0 Å². The highest BCUT2D eigenvalue weighted by molar-refractivity contribution is 6.02. The molecule has 1 aliphatic rings. The first-order valence-electron chi connectivity index (χ1n) is 4.89. The Morgan fingerprint density at radius 1 is 1.47 bits per heavy atom. The fourth-order valence-electron chi connectivity index (χ4n) is 1.62. The molecule has 3 heteroatoms. The number of nitriles is 1. The van der Waals surface area contributed by atoms with E-state index in [0.29, 0.717) is 11.1 Å². The van der Waals surface area contributed by atoms with Gasteiger partial charge in [0.05, 0.1) is 18.6 Å². The maximum atomic E-state index is 12.0. The van der Waals surface area contributed by atoms with Crippen molar-refractivity contribution in [3.8, 4) is 6.07 Å². The topological polar surface area (TPSA) is 61.1 Å². The highest BCUT2D eigenvalue weighted by Crippen LogP contribution is 2.32. The van der Waals surface area contributed by atoms with E-state index in [1.54, 1.807) is 12.2 Å². The van der Waals surface area contributed by atoms with Crippen LogP contribution in [0, 0.1) is 22.7 Å². The first-order chi connectivity index (χ1) is 6.91. The minimum absolute atomic E-state index is 0.135. The lowest BCUT2D eigenvalue weighted by Crippen LogP contribution is -2.30. The van der Waals surface area contributed by atoms with Crippen LogP contribution in [0.3, 0.4) is 0 Å². The summed E-state index contributed by atoms with van der Waals surface area (Å²) in [6.45, 7) is 5.52. The zero-order valence-electron chi connectivity index (χ0n) is 9.24. The molecule has 80 valence electrons. The van der Waals surface area contributed by atoms with Gasteiger partial charge in [0, 0.05) is 11.1 Å². The molecule has 3 nitrogen and oxygen atoms in total. The van der Waals surface area contributed by atoms with Crippen molar-refractivity contribution in [2.75, 3.05) is 6.61 Å². The summed E-state index contributed by atoms with van der Waals surface area (Å²) in [4.78, 5) is 12.0. The summed E-state index contributed by atoms with van der Waals surface area (Å²) in [5.41, 5.74) is 0.762. The van der Waals surface area contributed by atoms with E-state index in [1.807, 2.05) is 26.8 Å². The van der Waals surface area contributed by atoms with Crippen LogP contribution in [-0.4, -0.2) is 17.5 Å². The Morgan fingerprint density at radius 3 is 2.47 bits per heavy atom. The van der Waals surface area contributed by atoms with Crippen LogP contribution in [0.25, 0.3) is 0 Å². The Balaban J connectivity index is 3.16. The third-order valence-corrected chi connectivity index (χ3v) is 2.51. The highest BCUT2D eigenvalue weighted by Gasteiger charge is 2.33. The number of ketones is 1. The van der Waals surface area contributed by atoms with E-state index in [9.17, 15) is 4.79 Å². The third kappa shape index (κ3) is 2.16. The van der Waals surface area contributed by atoms with Gasteiger partial charge in [-0.1, -0.05) is 26.8 Å². The second-order valence-corrected chi connectivity index (χ2v) is 4.66. The summed E-state index contributed by atoms with van der Waals surface area (Å²) in [5.74, 6) is -0.807. The van der Waals surface area contributed by atoms with Crippen LogP contribution in [0.2, 0.25) is 0 Å². The van der Waals surface area contributed by atoms with Crippen molar-refractivity contribution in [2.24, 2.45) is 11.3 Å². The minimum atomic E-state index is -0.672. The largest absolute Gasteiger partial charge is 0.395 e. The van der Waals surface area contributed by atoms with Gasteiger partial charge in [0.15, 0.2) is 5.78 Å². The Kier molecular flexibility index (Phi) is 3.11. The van der Waals surface area contributed by atoms with Crippen LogP contribution < -0.4 is 0 Å². The summed E-state index contributed by atoms with van der Waals surface area (Å²) in [6.07, 6.45) is 3.32. The Bertz CT molecular complexity index is 377. The number of rotatable bonds is 1. The zero-order valence-corrected chi connectivity index (χ0v) is 9.24. The minimum Gasteiger partial charge on any atom is -0.395 e. The van der Waals surface area contributed by atoms with E-state index < -0.39 is 5.92 Å². The van der Waals surface area contributed by atoms with Gasteiger partial charge in [0.2, 0.25) is 0 Å². The van der Waals surface area contributed by atoms with Gasteiger partial charge < -0.3 is 5.11 Å². The van der Waals surface area contributed by atoms with Gasteiger partial charge in [-0.25, -0.2) is 0 Å². The first kappa shape index (κ1) is 11.7. The fourth-order valence-corrected chi connectivity index (χ4v) is 1.62. The number of Topliss-reactive ketones (excluding diaryl/α,β-unsaturated/α-hetero) is 1. The molecule has 1 rings (SSSR count). The molecule has 0 saturated heterocycles. The monoisotopic (exact) mass is 205 g/mol. The smallest absolute Gasteiger partial charge is 0.169 e. The van der Waals surface area contributed by atoms with Gasteiger partial charge in [-0.15, -0.1) is 0 Å². The van der Waals surface area contributed by atoms with E-state index in [2.05, 4.69) is 0 Å². The SMILES string of the molecule is CC(C)(C)C1=CC=C(C#N)C(CO)C1=O. The summed E-state index contributed by atoms with van der Waals surface area (Å²) >= 11 is 0. The molecular formula is C12H15NO2. The molecule has 1 N–H and O–H groups in total. The van der Waals surface area contributed by atoms with Crippen LogP contribution in [-0.2, 0) is 4.79 Å². The Labute approximate surface area is 89.7 Å². The molecule has 0 aromatic rings. The lowest BCUT2D eigenvalue weighted by atomic mass is 9.75. The van der Waals surface area contributed by atoms with E-state index in [1.165, 1.54) is 0 Å². The predicted molar refractivity (Wildman–Crippen MR) is 56.8 cm³/mol. The number of hydrogen-bond donors (Lipinski definition) is 1. The molecule has 0 saturated carbocycles. The van der Waals surface area contributed by atoms with Crippen molar-refractivity contribution in [1.29, 1.82) is 5.26 Å². The van der Waals surface area contributed by atoms with Crippen LogP contribution in [0.1, 0.15) is 20.8 Å². The van der Waals surface area contributed by atoms with Crippen molar-refractivity contribution in [1.82, 2.24) is 0 Å². The highest BCUT2D eigenvalue weighted by atomic mass is 16.3. The Morgan fingerprint density at radius 2 is 2.07 bits per heavy atom. The fraction of sp³-hybridized carbons (Fsp3) is 0.500. The molecule has 0 spiro atoms. The second-order valence-electron chi connectivity index (χ2n) is 4.66. The third-order valence-electron chi connectivity index (χ3n) is 2.51. The van der Waals surface area contributed by atoms with Crippen LogP contribution >= 0.6 is 0 Å². The predicted octanol–water partition coefficient (Wildman–Crippen LogP) is 1.60. The van der Waals surface area contributed by atoms with Crippen molar-refractivity contribution < 1.29 is 9.90 Å². The molecule has 0 aliphatic heterocycles. The summed E-state index contributed by atoms with van der Waals surface area (Å²) in [5, 5.41) is 17.9. The standard InChI is InChI=1S/C12H15NO2/c1-12(2,3)10-5-4-8(6-13)9(7-14)11(10)15/h4-5,9,14H,7H2,1-3H3. The molecule has 0 heterocycles. The molecule has 0 aromatic heterocycles. The second kappa shape index (κ2) is 4.00. The average molecular weight is 205 g/mol. The number of nitrogens with zero attached hydrogens (tertiary/aromatic N) is 1. The van der Waals surface area contributed by atoms with Crippen LogP contribution in [0.4, 0.5) is 0 Å². The molecule has 0 radical (unpaired) electrons. The molecule has 1 atom stereocenters.